The topological polar surface area (TPSA) is 23.5 Å². The summed E-state index contributed by atoms with van der Waals surface area (Å²) in [7, 11) is 0. The van der Waals surface area contributed by atoms with Crippen LogP contribution in [0.2, 0.25) is 0 Å². The number of likely N-dealkylation sites (N-methyl/N-ethyl adjacent to an activating group) is 1. The number of hydrogen-bond donors (Lipinski definition) is 1. The number of rotatable bonds is 5. The Bertz CT molecular complexity index is 93.6. The minimum atomic E-state index is -0.155. The maximum Gasteiger partial charge on any atom is 0.0664 e. The normalized spacial score (nSPS) is 14.5. The van der Waals surface area contributed by atoms with E-state index in [0.29, 0.717) is 6.04 Å². The predicted molar refractivity (Wildman–Crippen MR) is 48.7 cm³/mol. The Kier molecular flexibility index (Phi) is 5.51. The highest BCUT2D eigenvalue weighted by Gasteiger charge is 2.10. The Morgan fingerprint density at radius 2 is 1.82 bits per heavy atom. The highest BCUT2D eigenvalue weighted by Crippen LogP contribution is 2.01. The molecule has 0 aromatic heterocycles. The van der Waals surface area contributed by atoms with E-state index in [9.17, 15) is 5.11 Å². The van der Waals surface area contributed by atoms with Gasteiger partial charge in [0.25, 0.3) is 0 Å². The molecule has 0 radical (unpaired) electrons. The first-order valence-electron chi connectivity index (χ1n) is 4.53. The molecule has 0 aromatic rings. The van der Waals surface area contributed by atoms with Gasteiger partial charge >= 0.3 is 0 Å². The van der Waals surface area contributed by atoms with Crippen molar-refractivity contribution in [2.24, 2.45) is 0 Å². The second-order valence-corrected chi connectivity index (χ2v) is 3.24. The number of hydrogen-bond acceptors (Lipinski definition) is 2. The van der Waals surface area contributed by atoms with Crippen molar-refractivity contribution >= 4 is 0 Å². The molecule has 1 N–H and O–H groups in total. The third-order valence-corrected chi connectivity index (χ3v) is 2.05. The van der Waals surface area contributed by atoms with E-state index in [1.165, 1.54) is 0 Å². The molecule has 0 aliphatic carbocycles. The summed E-state index contributed by atoms with van der Waals surface area (Å²) in [5, 5.41) is 9.37. The maximum atomic E-state index is 9.37. The van der Waals surface area contributed by atoms with Crippen LogP contribution in [0.4, 0.5) is 0 Å². The first-order valence-corrected chi connectivity index (χ1v) is 4.53. The molecular formula is C9H21NO. The lowest BCUT2D eigenvalue weighted by Gasteiger charge is -2.26. The first kappa shape index (κ1) is 10.9. The molecule has 0 saturated heterocycles. The largest absolute Gasteiger partial charge is 0.392 e. The van der Waals surface area contributed by atoms with E-state index >= 15 is 0 Å². The summed E-state index contributed by atoms with van der Waals surface area (Å²) >= 11 is 0. The highest BCUT2D eigenvalue weighted by atomic mass is 16.3. The minimum absolute atomic E-state index is 0.155. The maximum absolute atomic E-state index is 9.37. The van der Waals surface area contributed by atoms with E-state index in [1.54, 1.807) is 0 Å². The van der Waals surface area contributed by atoms with Crippen molar-refractivity contribution < 1.29 is 5.11 Å². The van der Waals surface area contributed by atoms with Crippen molar-refractivity contribution in [3.8, 4) is 0 Å². The average molecular weight is 159 g/mol. The van der Waals surface area contributed by atoms with Crippen LogP contribution in [0.3, 0.4) is 0 Å². The molecule has 1 atom stereocenters. The van der Waals surface area contributed by atoms with Gasteiger partial charge in [0.05, 0.1) is 6.10 Å². The monoisotopic (exact) mass is 159 g/mol. The Morgan fingerprint density at radius 1 is 1.27 bits per heavy atom. The second kappa shape index (κ2) is 5.56. The molecule has 68 valence electrons. The average Bonchev–Trinajstić information content (AvgIpc) is 1.99. The van der Waals surface area contributed by atoms with Crippen molar-refractivity contribution in [3.05, 3.63) is 0 Å². The zero-order valence-electron chi connectivity index (χ0n) is 8.17. The fraction of sp³-hybridized carbons (Fsp3) is 1.00. The highest BCUT2D eigenvalue weighted by molar-refractivity contribution is 4.65. The van der Waals surface area contributed by atoms with Gasteiger partial charge in [0.15, 0.2) is 0 Å². The van der Waals surface area contributed by atoms with Gasteiger partial charge in [-0.15, -0.1) is 0 Å². The molecular weight excluding hydrogens is 138 g/mol. The van der Waals surface area contributed by atoms with Gasteiger partial charge in [-0.2, -0.15) is 0 Å². The van der Waals surface area contributed by atoms with E-state index in [0.717, 1.165) is 19.5 Å². The lowest BCUT2D eigenvalue weighted by Crippen LogP contribution is -2.37. The summed E-state index contributed by atoms with van der Waals surface area (Å²) in [5.74, 6) is 0. The third kappa shape index (κ3) is 4.38. The van der Waals surface area contributed by atoms with Gasteiger partial charge < -0.3 is 5.11 Å². The Morgan fingerprint density at radius 3 is 2.09 bits per heavy atom. The molecule has 0 aliphatic rings. The van der Waals surface area contributed by atoms with Crippen LogP contribution >= 0.6 is 0 Å². The zero-order valence-corrected chi connectivity index (χ0v) is 8.17. The van der Waals surface area contributed by atoms with E-state index in [2.05, 4.69) is 25.7 Å². The molecule has 0 amide bonds. The molecule has 0 saturated carbocycles. The molecule has 0 bridgehead atoms. The van der Waals surface area contributed by atoms with Crippen LogP contribution in [0, 0.1) is 0 Å². The van der Waals surface area contributed by atoms with Gasteiger partial charge in [0, 0.05) is 12.6 Å². The molecule has 0 aromatic carbocycles. The molecule has 2 nitrogen and oxygen atoms in total. The summed E-state index contributed by atoms with van der Waals surface area (Å²) < 4.78 is 0. The second-order valence-electron chi connectivity index (χ2n) is 3.24. The van der Waals surface area contributed by atoms with Crippen LogP contribution in [-0.4, -0.2) is 35.2 Å². The minimum Gasteiger partial charge on any atom is -0.392 e. The third-order valence-electron chi connectivity index (χ3n) is 2.05. The van der Waals surface area contributed by atoms with Crippen molar-refractivity contribution in [1.29, 1.82) is 0 Å². The van der Waals surface area contributed by atoms with Crippen LogP contribution in [-0.2, 0) is 0 Å². The van der Waals surface area contributed by atoms with Crippen molar-refractivity contribution in [1.82, 2.24) is 4.90 Å². The van der Waals surface area contributed by atoms with Gasteiger partial charge in [-0.05, 0) is 26.8 Å². The lowest BCUT2D eigenvalue weighted by atomic mass is 10.2. The molecule has 0 aliphatic heterocycles. The molecule has 0 fully saturated rings. The standard InChI is InChI=1S/C9H21NO/c1-5-9(11)7-10(6-2)8(3)4/h8-9,11H,5-7H2,1-4H3/t9-/m0/s1. The zero-order chi connectivity index (χ0) is 8.85. The first-order chi connectivity index (χ1) is 5.11. The summed E-state index contributed by atoms with van der Waals surface area (Å²) in [6.07, 6.45) is 0.695. The van der Waals surface area contributed by atoms with Crippen molar-refractivity contribution in [2.45, 2.75) is 46.3 Å². The number of nitrogens with zero attached hydrogens (tertiary/aromatic N) is 1. The van der Waals surface area contributed by atoms with Gasteiger partial charge in [0.2, 0.25) is 0 Å². The van der Waals surface area contributed by atoms with E-state index < -0.39 is 0 Å². The van der Waals surface area contributed by atoms with Crippen molar-refractivity contribution in [3.63, 3.8) is 0 Å². The van der Waals surface area contributed by atoms with E-state index in [1.807, 2.05) is 6.92 Å². The van der Waals surface area contributed by atoms with E-state index in [-0.39, 0.29) is 6.10 Å². The number of aliphatic hydroxyl groups is 1. The van der Waals surface area contributed by atoms with Gasteiger partial charge in [-0.1, -0.05) is 13.8 Å². The van der Waals surface area contributed by atoms with E-state index in [4.69, 9.17) is 0 Å². The molecule has 0 spiro atoms. The molecule has 0 unspecified atom stereocenters. The van der Waals surface area contributed by atoms with Crippen molar-refractivity contribution in [2.75, 3.05) is 13.1 Å². The Balaban J connectivity index is 3.68. The lowest BCUT2D eigenvalue weighted by molar-refractivity contribution is 0.0961. The number of aliphatic hydroxyl groups excluding tert-OH is 1. The molecule has 2 heteroatoms. The summed E-state index contributed by atoms with van der Waals surface area (Å²) in [6.45, 7) is 10.3. The van der Waals surface area contributed by atoms with Crippen LogP contribution in [0.1, 0.15) is 34.1 Å². The molecule has 11 heavy (non-hydrogen) atoms. The Hall–Kier alpha value is -0.0800. The Labute approximate surface area is 70.2 Å². The van der Waals surface area contributed by atoms with Crippen LogP contribution < -0.4 is 0 Å². The van der Waals surface area contributed by atoms with Crippen LogP contribution in [0.5, 0.6) is 0 Å². The molecule has 0 heterocycles. The van der Waals surface area contributed by atoms with Gasteiger partial charge in [-0.25, -0.2) is 0 Å². The quantitative estimate of drug-likeness (QED) is 0.657. The summed E-state index contributed by atoms with van der Waals surface area (Å²) in [4.78, 5) is 2.27. The predicted octanol–water partition coefficient (Wildman–Crippen LogP) is 1.49. The summed E-state index contributed by atoms with van der Waals surface area (Å²) in [5.41, 5.74) is 0. The van der Waals surface area contributed by atoms with Gasteiger partial charge in [-0.3, -0.25) is 4.90 Å². The smallest absolute Gasteiger partial charge is 0.0664 e. The van der Waals surface area contributed by atoms with Gasteiger partial charge in [0.1, 0.15) is 0 Å². The molecule has 0 rings (SSSR count). The summed E-state index contributed by atoms with van der Waals surface area (Å²) in [6, 6.07) is 0.543. The van der Waals surface area contributed by atoms with Crippen LogP contribution in [0.15, 0.2) is 0 Å². The fourth-order valence-electron chi connectivity index (χ4n) is 1.10. The SMILES string of the molecule is CC[C@H](O)CN(CC)C(C)C. The van der Waals surface area contributed by atoms with Crippen LogP contribution in [0.25, 0.3) is 0 Å². The fourth-order valence-corrected chi connectivity index (χ4v) is 1.10.